The van der Waals surface area contributed by atoms with E-state index in [4.69, 9.17) is 5.73 Å². The Kier molecular flexibility index (Phi) is 3.84. The number of aromatic nitrogens is 1. The molecule has 0 spiro atoms. The van der Waals surface area contributed by atoms with Crippen LogP contribution in [0.25, 0.3) is 10.8 Å². The average molecular weight is 319 g/mol. The predicted octanol–water partition coefficient (Wildman–Crippen LogP) is 1.12. The number of nitrogens with two attached hydrogens (primary N) is 1. The Labute approximate surface area is 129 Å². The van der Waals surface area contributed by atoms with E-state index in [1.807, 2.05) is 6.07 Å². The maximum Gasteiger partial charge on any atom is 0.243 e. The monoisotopic (exact) mass is 319 g/mol. The fourth-order valence-electron chi connectivity index (χ4n) is 2.84. The van der Waals surface area contributed by atoms with Gasteiger partial charge < -0.3 is 5.73 Å². The number of nitrogens with zero attached hydrogens (tertiary/aromatic N) is 2. The van der Waals surface area contributed by atoms with Crippen molar-refractivity contribution >= 4 is 26.7 Å². The lowest BCUT2D eigenvalue weighted by Crippen LogP contribution is -2.41. The van der Waals surface area contributed by atoms with Gasteiger partial charge in [-0.05, 0) is 25.0 Å². The van der Waals surface area contributed by atoms with Crippen molar-refractivity contribution in [2.45, 2.75) is 17.7 Å². The lowest BCUT2D eigenvalue weighted by Gasteiger charge is -2.30. The molecule has 22 heavy (non-hydrogen) atoms. The Morgan fingerprint density at radius 2 is 1.95 bits per heavy atom. The van der Waals surface area contributed by atoms with Crippen LogP contribution in [-0.2, 0) is 14.8 Å². The summed E-state index contributed by atoms with van der Waals surface area (Å²) in [5, 5.41) is 1.45. The molecule has 1 aliphatic heterocycles. The van der Waals surface area contributed by atoms with Crippen molar-refractivity contribution in [3.05, 3.63) is 36.7 Å². The molecule has 2 aromatic rings. The van der Waals surface area contributed by atoms with Crippen molar-refractivity contribution in [1.29, 1.82) is 0 Å². The van der Waals surface area contributed by atoms with E-state index in [9.17, 15) is 13.2 Å². The summed E-state index contributed by atoms with van der Waals surface area (Å²) in [5.41, 5.74) is 5.29. The zero-order valence-corrected chi connectivity index (χ0v) is 12.8. The third-order valence-electron chi connectivity index (χ3n) is 4.11. The molecule has 1 saturated heterocycles. The number of hydrogen-bond donors (Lipinski definition) is 1. The van der Waals surface area contributed by atoms with Gasteiger partial charge in [0.25, 0.3) is 0 Å². The number of rotatable bonds is 3. The second-order valence-electron chi connectivity index (χ2n) is 5.43. The minimum absolute atomic E-state index is 0.233. The molecule has 2 N–H and O–H groups in total. The lowest BCUT2D eigenvalue weighted by atomic mass is 9.98. The van der Waals surface area contributed by atoms with Gasteiger partial charge in [0.1, 0.15) is 0 Å². The van der Waals surface area contributed by atoms with E-state index in [-0.39, 0.29) is 16.7 Å². The quantitative estimate of drug-likeness (QED) is 0.917. The molecule has 1 aromatic heterocycles. The molecule has 0 radical (unpaired) electrons. The van der Waals surface area contributed by atoms with E-state index in [1.165, 1.54) is 4.31 Å². The van der Waals surface area contributed by atoms with Gasteiger partial charge >= 0.3 is 0 Å². The van der Waals surface area contributed by atoms with Crippen molar-refractivity contribution in [3.63, 3.8) is 0 Å². The molecule has 1 aliphatic rings. The molecule has 3 rings (SSSR count). The van der Waals surface area contributed by atoms with Crippen LogP contribution >= 0.6 is 0 Å². The molecule has 0 aliphatic carbocycles. The Bertz CT molecular complexity index is 806. The average Bonchev–Trinajstić information content (AvgIpc) is 2.54. The van der Waals surface area contributed by atoms with Gasteiger partial charge in [-0.2, -0.15) is 4.31 Å². The third kappa shape index (κ3) is 2.57. The molecule has 116 valence electrons. The number of pyridine rings is 1. The minimum Gasteiger partial charge on any atom is -0.369 e. The highest BCUT2D eigenvalue weighted by atomic mass is 32.2. The van der Waals surface area contributed by atoms with Gasteiger partial charge in [-0.1, -0.05) is 12.1 Å². The first-order chi connectivity index (χ1) is 10.5. The number of benzene rings is 1. The summed E-state index contributed by atoms with van der Waals surface area (Å²) in [4.78, 5) is 15.5. The van der Waals surface area contributed by atoms with Crippen LogP contribution in [0.3, 0.4) is 0 Å². The summed E-state index contributed by atoms with van der Waals surface area (Å²) < 4.78 is 27.2. The standard InChI is InChI=1S/C15H17N3O3S/c16-15(19)11-5-8-18(9-6-11)22(20,21)14-3-1-2-12-10-17-7-4-13(12)14/h1-4,7,10-11H,5-6,8-9H2,(H2,16,19). The Balaban J connectivity index is 1.95. The second kappa shape index (κ2) is 5.66. The van der Waals surface area contributed by atoms with Gasteiger partial charge in [-0.15, -0.1) is 0 Å². The number of hydrogen-bond acceptors (Lipinski definition) is 4. The van der Waals surface area contributed by atoms with Gasteiger partial charge in [0.15, 0.2) is 0 Å². The Morgan fingerprint density at radius 1 is 1.23 bits per heavy atom. The number of amides is 1. The molecule has 7 heteroatoms. The van der Waals surface area contributed by atoms with Crippen LogP contribution in [-0.4, -0.2) is 36.7 Å². The second-order valence-corrected chi connectivity index (χ2v) is 7.34. The lowest BCUT2D eigenvalue weighted by molar-refractivity contribution is -0.122. The van der Waals surface area contributed by atoms with Crippen LogP contribution in [0.5, 0.6) is 0 Å². The molecule has 0 atom stereocenters. The first kappa shape index (κ1) is 14.9. The summed E-state index contributed by atoms with van der Waals surface area (Å²) >= 11 is 0. The summed E-state index contributed by atoms with van der Waals surface area (Å²) in [5.74, 6) is -0.587. The summed E-state index contributed by atoms with van der Waals surface area (Å²) in [6.07, 6.45) is 4.18. The first-order valence-electron chi connectivity index (χ1n) is 7.12. The van der Waals surface area contributed by atoms with Gasteiger partial charge in [-0.25, -0.2) is 8.42 Å². The highest BCUT2D eigenvalue weighted by molar-refractivity contribution is 7.89. The molecule has 1 amide bonds. The zero-order valence-electron chi connectivity index (χ0n) is 12.0. The van der Waals surface area contributed by atoms with Crippen molar-refractivity contribution < 1.29 is 13.2 Å². The van der Waals surface area contributed by atoms with E-state index < -0.39 is 10.0 Å². The van der Waals surface area contributed by atoms with E-state index in [2.05, 4.69) is 4.98 Å². The Hall–Kier alpha value is -1.99. The SMILES string of the molecule is NC(=O)C1CCN(S(=O)(=O)c2cccc3cnccc23)CC1. The van der Waals surface area contributed by atoms with Crippen molar-refractivity contribution in [3.8, 4) is 0 Å². The molecule has 1 aromatic carbocycles. The fourth-order valence-corrected chi connectivity index (χ4v) is 4.52. The molecule has 0 bridgehead atoms. The molecule has 1 fully saturated rings. The van der Waals surface area contributed by atoms with Crippen LogP contribution in [0.2, 0.25) is 0 Å². The smallest absolute Gasteiger partial charge is 0.243 e. The molecule has 6 nitrogen and oxygen atoms in total. The van der Waals surface area contributed by atoms with Crippen LogP contribution < -0.4 is 5.73 Å². The number of carbonyl (C=O) groups excluding carboxylic acids is 1. The van der Waals surface area contributed by atoms with Crippen molar-refractivity contribution in [1.82, 2.24) is 9.29 Å². The maximum atomic E-state index is 12.9. The van der Waals surface area contributed by atoms with E-state index in [0.29, 0.717) is 31.3 Å². The third-order valence-corrected chi connectivity index (χ3v) is 6.07. The van der Waals surface area contributed by atoms with E-state index in [0.717, 1.165) is 5.39 Å². The normalized spacial score (nSPS) is 17.6. The van der Waals surface area contributed by atoms with Crippen LogP contribution in [0.1, 0.15) is 12.8 Å². The van der Waals surface area contributed by atoms with E-state index in [1.54, 1.807) is 30.6 Å². The fraction of sp³-hybridized carbons (Fsp3) is 0.333. The predicted molar refractivity (Wildman–Crippen MR) is 82.4 cm³/mol. The minimum atomic E-state index is -3.58. The van der Waals surface area contributed by atoms with Gasteiger partial charge in [0, 0.05) is 42.2 Å². The summed E-state index contributed by atoms with van der Waals surface area (Å²) in [6, 6.07) is 6.87. The maximum absolute atomic E-state index is 12.9. The van der Waals surface area contributed by atoms with Crippen LogP contribution in [0, 0.1) is 5.92 Å². The van der Waals surface area contributed by atoms with Crippen LogP contribution in [0.15, 0.2) is 41.6 Å². The zero-order chi connectivity index (χ0) is 15.7. The van der Waals surface area contributed by atoms with Crippen LogP contribution in [0.4, 0.5) is 0 Å². The van der Waals surface area contributed by atoms with Crippen molar-refractivity contribution in [2.75, 3.05) is 13.1 Å². The molecule has 0 unspecified atom stereocenters. The molecule has 0 saturated carbocycles. The van der Waals surface area contributed by atoms with Gasteiger partial charge in [-0.3, -0.25) is 9.78 Å². The number of fused-ring (bicyclic) bond motifs is 1. The highest BCUT2D eigenvalue weighted by Crippen LogP contribution is 2.28. The van der Waals surface area contributed by atoms with Gasteiger partial charge in [0.2, 0.25) is 15.9 Å². The highest BCUT2D eigenvalue weighted by Gasteiger charge is 2.32. The number of sulfonamides is 1. The molecular weight excluding hydrogens is 302 g/mol. The largest absolute Gasteiger partial charge is 0.369 e. The molecular formula is C15H17N3O3S. The van der Waals surface area contributed by atoms with Gasteiger partial charge in [0.05, 0.1) is 4.90 Å². The summed E-state index contributed by atoms with van der Waals surface area (Å²) in [6.45, 7) is 0.634. The number of piperidine rings is 1. The topological polar surface area (TPSA) is 93.4 Å². The first-order valence-corrected chi connectivity index (χ1v) is 8.56. The molecule has 2 heterocycles. The number of primary amides is 1. The summed E-state index contributed by atoms with van der Waals surface area (Å²) in [7, 11) is -3.58. The Morgan fingerprint density at radius 3 is 2.64 bits per heavy atom. The van der Waals surface area contributed by atoms with E-state index >= 15 is 0 Å². The number of carbonyl (C=O) groups is 1. The van der Waals surface area contributed by atoms with Crippen molar-refractivity contribution in [2.24, 2.45) is 11.7 Å².